The smallest absolute Gasteiger partial charge is 0.400 e. The summed E-state index contributed by atoms with van der Waals surface area (Å²) in [7, 11) is 2.75. The van der Waals surface area contributed by atoms with E-state index in [1.807, 2.05) is 0 Å². The van der Waals surface area contributed by atoms with Gasteiger partial charge in [0.15, 0.2) is 0 Å². The Morgan fingerprint density at radius 2 is 0.786 bits per heavy atom. The van der Waals surface area contributed by atoms with E-state index in [9.17, 15) is 0 Å². The molecule has 0 aromatic rings. The van der Waals surface area contributed by atoms with Crippen LogP contribution in [0.15, 0.2) is 33.4 Å². The number of allylic oxidation sites excluding steroid dienone is 8. The molecule has 4 heteroatoms. The van der Waals surface area contributed by atoms with Gasteiger partial charge in [-0.2, -0.15) is 22.3 Å². The van der Waals surface area contributed by atoms with E-state index in [2.05, 4.69) is 94.5 Å². The van der Waals surface area contributed by atoms with Crippen molar-refractivity contribution in [2.45, 2.75) is 82.3 Å². The van der Waals surface area contributed by atoms with Gasteiger partial charge < -0.3 is 10.2 Å². The fourth-order valence-corrected chi connectivity index (χ4v) is 2.81. The minimum Gasteiger partial charge on any atom is -0.400 e. The summed E-state index contributed by atoms with van der Waals surface area (Å²) in [6, 6.07) is 0. The molecule has 0 aromatic carbocycles. The van der Waals surface area contributed by atoms with Gasteiger partial charge in [-0.05, 0) is 0 Å². The van der Waals surface area contributed by atoms with Crippen LogP contribution in [0.1, 0.15) is 69.2 Å². The van der Waals surface area contributed by atoms with Gasteiger partial charge >= 0.3 is 26.2 Å². The fourth-order valence-electron chi connectivity index (χ4n) is 2.81. The van der Waals surface area contributed by atoms with E-state index in [0.29, 0.717) is 0 Å². The minimum atomic E-state index is 0. The summed E-state index contributed by atoms with van der Waals surface area (Å²) in [5.74, 6) is 0. The van der Waals surface area contributed by atoms with Crippen molar-refractivity contribution < 1.29 is 36.4 Å². The molecule has 2 N–H and O–H groups in total. The van der Waals surface area contributed by atoms with E-state index >= 15 is 0 Å². The van der Waals surface area contributed by atoms with E-state index in [4.69, 9.17) is 10.2 Å². The molecular formula is C24H45O2SiZr. The maximum atomic E-state index is 7.00. The van der Waals surface area contributed by atoms with E-state index < -0.39 is 0 Å². The normalized spacial score (nSPS) is 17.9. The Morgan fingerprint density at radius 1 is 0.607 bits per heavy atom. The van der Waals surface area contributed by atoms with Crippen molar-refractivity contribution in [2.24, 2.45) is 10.8 Å². The monoisotopic (exact) mass is 483 g/mol. The van der Waals surface area contributed by atoms with Crippen LogP contribution >= 0.6 is 0 Å². The molecule has 0 spiro atoms. The predicted molar refractivity (Wildman–Crippen MR) is 124 cm³/mol. The Balaban J connectivity index is -0.000000152. The van der Waals surface area contributed by atoms with Crippen LogP contribution in [0.4, 0.5) is 0 Å². The Kier molecular flexibility index (Phi) is 21.2. The molecule has 161 valence electrons. The maximum absolute atomic E-state index is 7.00. The van der Waals surface area contributed by atoms with E-state index in [1.165, 1.54) is 33.4 Å². The van der Waals surface area contributed by atoms with Crippen LogP contribution in [0.3, 0.4) is 0 Å². The topological polar surface area (TPSA) is 40.5 Å². The Hall–Kier alpha value is -0.0200. The second-order valence-corrected chi connectivity index (χ2v) is 8.98. The summed E-state index contributed by atoms with van der Waals surface area (Å²) >= 11 is 0. The largest absolute Gasteiger partial charge is 2.00 e. The van der Waals surface area contributed by atoms with Crippen LogP contribution in [0.5, 0.6) is 0 Å². The molecule has 0 heterocycles. The molecule has 0 aromatic heterocycles. The zero-order valence-electron chi connectivity index (χ0n) is 21.0. The van der Waals surface area contributed by atoms with E-state index in [1.54, 1.807) is 0 Å². The minimum absolute atomic E-state index is 0. The first-order valence-electron chi connectivity index (χ1n) is 9.55. The summed E-state index contributed by atoms with van der Waals surface area (Å²) < 4.78 is 0. The SMILES string of the molecule is CC1=[C-]C(C)(C)C(C)=C1C.CC1=[C-]C(C)(C)C(C)=C1C.CO.CO.C[SiH]C.[Zr+2]. The summed E-state index contributed by atoms with van der Waals surface area (Å²) in [6.45, 7) is 26.3. The molecular weight excluding hydrogens is 440 g/mol. The molecule has 0 aliphatic heterocycles. The average molecular weight is 485 g/mol. The van der Waals surface area contributed by atoms with Gasteiger partial charge in [-0.25, -0.2) is 11.1 Å². The Labute approximate surface area is 198 Å². The second kappa shape index (κ2) is 16.7. The van der Waals surface area contributed by atoms with Crippen molar-refractivity contribution in [2.75, 3.05) is 14.2 Å². The first-order chi connectivity index (χ1) is 12.3. The van der Waals surface area contributed by atoms with Gasteiger partial charge in [-0.3, -0.25) is 12.2 Å². The van der Waals surface area contributed by atoms with Gasteiger partial charge in [0.1, 0.15) is 0 Å². The van der Waals surface area contributed by atoms with Crippen molar-refractivity contribution in [1.29, 1.82) is 0 Å². The first kappa shape index (κ1) is 35.4. The summed E-state index contributed by atoms with van der Waals surface area (Å²) in [6.07, 6.45) is 6.87. The number of aliphatic hydroxyl groups excluding tert-OH is 2. The second-order valence-electron chi connectivity index (χ2n) is 7.83. The first-order valence-corrected chi connectivity index (χ1v) is 11.9. The molecule has 2 aliphatic carbocycles. The molecule has 0 atom stereocenters. The number of aliphatic hydroxyl groups is 2. The summed E-state index contributed by atoms with van der Waals surface area (Å²) in [5.41, 5.74) is 8.79. The van der Waals surface area contributed by atoms with Crippen molar-refractivity contribution in [1.82, 2.24) is 0 Å². The number of hydrogen-bond donors (Lipinski definition) is 2. The van der Waals surface area contributed by atoms with Gasteiger partial charge in [0.05, 0.1) is 0 Å². The van der Waals surface area contributed by atoms with Gasteiger partial charge in [-0.15, -0.1) is 13.8 Å². The third-order valence-corrected chi connectivity index (χ3v) is 5.12. The quantitative estimate of drug-likeness (QED) is 0.329. The average Bonchev–Trinajstić information content (AvgIpc) is 2.90. The molecule has 0 saturated carbocycles. The zero-order valence-corrected chi connectivity index (χ0v) is 24.6. The van der Waals surface area contributed by atoms with Crippen LogP contribution < -0.4 is 0 Å². The van der Waals surface area contributed by atoms with Crippen molar-refractivity contribution >= 4 is 9.52 Å². The summed E-state index contributed by atoms with van der Waals surface area (Å²) in [4.78, 5) is 0. The van der Waals surface area contributed by atoms with E-state index in [-0.39, 0.29) is 37.0 Å². The third kappa shape index (κ3) is 11.2. The standard InChI is InChI=1S/2C10H15.C2H7Si.2CH4O.Zr/c2*1-7-6-10(4,5)9(3)8(7)2;1-3-2;2*1-2;/h2*1-5H3;3H,1-2H3;2*2H,1H3;/q2*-1;;;;+2. The number of rotatable bonds is 0. The molecule has 2 aliphatic rings. The fraction of sp³-hybridized carbons (Fsp3) is 0.667. The number of hydrogen-bond acceptors (Lipinski definition) is 2. The van der Waals surface area contributed by atoms with Crippen LogP contribution in [0, 0.1) is 23.0 Å². The van der Waals surface area contributed by atoms with Crippen molar-refractivity contribution in [3.05, 3.63) is 45.6 Å². The molecule has 0 saturated heterocycles. The molecule has 0 unspecified atom stereocenters. The molecule has 2 nitrogen and oxygen atoms in total. The molecule has 2 rings (SSSR count). The van der Waals surface area contributed by atoms with Gasteiger partial charge in [0.25, 0.3) is 0 Å². The zero-order chi connectivity index (χ0) is 22.6. The Morgan fingerprint density at radius 3 is 0.821 bits per heavy atom. The van der Waals surface area contributed by atoms with Crippen molar-refractivity contribution in [3.8, 4) is 0 Å². The van der Waals surface area contributed by atoms with Gasteiger partial charge in [0, 0.05) is 23.7 Å². The predicted octanol–water partition coefficient (Wildman–Crippen LogP) is 5.96. The molecule has 0 bridgehead atoms. The third-order valence-electron chi connectivity index (χ3n) is 5.12. The Bertz CT molecular complexity index is 515. The van der Waals surface area contributed by atoms with Crippen LogP contribution in [-0.4, -0.2) is 34.0 Å². The molecule has 0 amide bonds. The molecule has 0 fully saturated rings. The maximum Gasteiger partial charge on any atom is 2.00 e. The van der Waals surface area contributed by atoms with Crippen LogP contribution in [0.2, 0.25) is 13.1 Å². The van der Waals surface area contributed by atoms with Crippen LogP contribution in [-0.2, 0) is 26.2 Å². The van der Waals surface area contributed by atoms with Crippen molar-refractivity contribution in [3.63, 3.8) is 0 Å². The summed E-state index contributed by atoms with van der Waals surface area (Å²) in [5, 5.41) is 14.0. The van der Waals surface area contributed by atoms with Gasteiger partial charge in [0.2, 0.25) is 0 Å². The molecule has 28 heavy (non-hydrogen) atoms. The van der Waals surface area contributed by atoms with Gasteiger partial charge in [-0.1, -0.05) is 79.3 Å². The molecule has 1 radical (unpaired) electrons. The van der Waals surface area contributed by atoms with Crippen LogP contribution in [0.25, 0.3) is 0 Å². The van der Waals surface area contributed by atoms with E-state index in [0.717, 1.165) is 23.7 Å².